The fraction of sp³-hybridized carbons (Fsp3) is 0.500. The van der Waals surface area contributed by atoms with Gasteiger partial charge in [-0.05, 0) is 17.9 Å². The van der Waals surface area contributed by atoms with Crippen LogP contribution in [-0.4, -0.2) is 17.7 Å². The number of hydrogen-bond donors (Lipinski definition) is 1. The number of nitrogens with one attached hydrogen (secondary N) is 1. The van der Waals surface area contributed by atoms with Crippen molar-refractivity contribution in [1.82, 2.24) is 5.32 Å². The van der Waals surface area contributed by atoms with E-state index in [1.54, 1.807) is 0 Å². The second-order valence-electron chi connectivity index (χ2n) is 5.43. The van der Waals surface area contributed by atoms with E-state index in [1.807, 2.05) is 44.2 Å². The standard InChI is InChI=1S/C16H21NO2/c1-3-11(2)15-14(18)10-13(16(19)17-15)9-12-7-5-4-6-8-12/h4-8,11,13,15H,3,9-10H2,1-2H3,(H,17,19)/t11-,13-,15-/m0/s1. The zero-order chi connectivity index (χ0) is 13.8. The molecule has 3 heteroatoms. The zero-order valence-electron chi connectivity index (χ0n) is 11.6. The number of Topliss-reactive ketones (excluding diaryl/α,β-unsaturated/α-hetero) is 1. The van der Waals surface area contributed by atoms with Crippen molar-refractivity contribution >= 4 is 11.7 Å². The molecule has 1 aromatic carbocycles. The summed E-state index contributed by atoms with van der Waals surface area (Å²) in [6.45, 7) is 4.06. The highest BCUT2D eigenvalue weighted by atomic mass is 16.2. The third-order valence-electron chi connectivity index (χ3n) is 4.00. The fourth-order valence-electron chi connectivity index (χ4n) is 2.57. The molecule has 0 saturated carbocycles. The van der Waals surface area contributed by atoms with Gasteiger partial charge in [-0.25, -0.2) is 0 Å². The number of rotatable bonds is 4. The number of benzene rings is 1. The third-order valence-corrected chi connectivity index (χ3v) is 4.00. The maximum absolute atomic E-state index is 12.1. The summed E-state index contributed by atoms with van der Waals surface area (Å²) in [5.41, 5.74) is 1.11. The topological polar surface area (TPSA) is 46.2 Å². The molecule has 1 N–H and O–H groups in total. The summed E-state index contributed by atoms with van der Waals surface area (Å²) in [7, 11) is 0. The molecule has 0 aromatic heterocycles. The molecule has 102 valence electrons. The first-order chi connectivity index (χ1) is 9.11. The molecular formula is C16H21NO2. The lowest BCUT2D eigenvalue weighted by molar-refractivity contribution is -0.138. The molecule has 0 aliphatic carbocycles. The van der Waals surface area contributed by atoms with Gasteiger partial charge in [0, 0.05) is 12.3 Å². The monoisotopic (exact) mass is 259 g/mol. The van der Waals surface area contributed by atoms with E-state index in [1.165, 1.54) is 0 Å². The van der Waals surface area contributed by atoms with Gasteiger partial charge in [0.25, 0.3) is 0 Å². The molecule has 1 amide bonds. The van der Waals surface area contributed by atoms with Crippen LogP contribution in [0.25, 0.3) is 0 Å². The Morgan fingerprint density at radius 2 is 1.95 bits per heavy atom. The first-order valence-corrected chi connectivity index (χ1v) is 6.98. The minimum Gasteiger partial charge on any atom is -0.346 e. The molecule has 0 unspecified atom stereocenters. The van der Waals surface area contributed by atoms with Crippen LogP contribution < -0.4 is 5.32 Å². The van der Waals surface area contributed by atoms with E-state index in [0.717, 1.165) is 12.0 Å². The molecule has 3 atom stereocenters. The van der Waals surface area contributed by atoms with Crippen LogP contribution in [0.2, 0.25) is 0 Å². The Hall–Kier alpha value is -1.64. The molecule has 0 bridgehead atoms. The third kappa shape index (κ3) is 3.22. The molecule has 3 nitrogen and oxygen atoms in total. The lowest BCUT2D eigenvalue weighted by atomic mass is 9.83. The van der Waals surface area contributed by atoms with Crippen LogP contribution in [0.1, 0.15) is 32.3 Å². The maximum atomic E-state index is 12.1. The largest absolute Gasteiger partial charge is 0.346 e. The Kier molecular flexibility index (Phi) is 4.35. The highest BCUT2D eigenvalue weighted by Gasteiger charge is 2.36. The average molecular weight is 259 g/mol. The van der Waals surface area contributed by atoms with Crippen molar-refractivity contribution < 1.29 is 9.59 Å². The van der Waals surface area contributed by atoms with E-state index in [2.05, 4.69) is 5.32 Å². The van der Waals surface area contributed by atoms with Crippen LogP contribution in [-0.2, 0) is 16.0 Å². The minimum absolute atomic E-state index is 0.0220. The van der Waals surface area contributed by atoms with Gasteiger partial charge in [0.1, 0.15) is 0 Å². The molecule has 0 radical (unpaired) electrons. The van der Waals surface area contributed by atoms with Crippen LogP contribution >= 0.6 is 0 Å². The molecule has 1 aromatic rings. The van der Waals surface area contributed by atoms with Crippen LogP contribution in [0, 0.1) is 11.8 Å². The van der Waals surface area contributed by atoms with E-state index in [-0.39, 0.29) is 29.6 Å². The molecule has 1 heterocycles. The summed E-state index contributed by atoms with van der Waals surface area (Å²) in [5.74, 6) is 0.202. The number of hydrogen-bond acceptors (Lipinski definition) is 2. The van der Waals surface area contributed by atoms with Crippen molar-refractivity contribution in [2.24, 2.45) is 11.8 Å². The highest BCUT2D eigenvalue weighted by Crippen LogP contribution is 2.22. The van der Waals surface area contributed by atoms with Crippen LogP contribution in [0.3, 0.4) is 0 Å². The van der Waals surface area contributed by atoms with Crippen LogP contribution in [0.5, 0.6) is 0 Å². The first kappa shape index (κ1) is 13.8. The summed E-state index contributed by atoms with van der Waals surface area (Å²) < 4.78 is 0. The number of amides is 1. The van der Waals surface area contributed by atoms with E-state index in [4.69, 9.17) is 0 Å². The Labute approximate surface area is 114 Å². The first-order valence-electron chi connectivity index (χ1n) is 6.98. The van der Waals surface area contributed by atoms with Gasteiger partial charge in [0.15, 0.2) is 5.78 Å². The Balaban J connectivity index is 2.03. The molecule has 1 fully saturated rings. The van der Waals surface area contributed by atoms with Gasteiger partial charge >= 0.3 is 0 Å². The molecular weight excluding hydrogens is 238 g/mol. The average Bonchev–Trinajstić information content (AvgIpc) is 2.43. The fourth-order valence-corrected chi connectivity index (χ4v) is 2.57. The van der Waals surface area contributed by atoms with Crippen molar-refractivity contribution in [3.05, 3.63) is 35.9 Å². The predicted octanol–water partition coefficient (Wildman–Crippen LogP) is 2.35. The van der Waals surface area contributed by atoms with Crippen molar-refractivity contribution in [1.29, 1.82) is 0 Å². The quantitative estimate of drug-likeness (QED) is 0.902. The van der Waals surface area contributed by atoms with Crippen LogP contribution in [0.4, 0.5) is 0 Å². The van der Waals surface area contributed by atoms with Crippen LogP contribution in [0.15, 0.2) is 30.3 Å². The maximum Gasteiger partial charge on any atom is 0.224 e. The number of carbonyl (C=O) groups is 2. The summed E-state index contributed by atoms with van der Waals surface area (Å²) in [5, 5.41) is 2.90. The van der Waals surface area contributed by atoms with E-state index < -0.39 is 0 Å². The molecule has 2 rings (SSSR count). The number of piperidine rings is 1. The van der Waals surface area contributed by atoms with Gasteiger partial charge in [-0.2, -0.15) is 0 Å². The number of ketones is 1. The van der Waals surface area contributed by atoms with Crippen molar-refractivity contribution in [3.8, 4) is 0 Å². The van der Waals surface area contributed by atoms with Gasteiger partial charge < -0.3 is 5.32 Å². The normalized spacial score (nSPS) is 24.9. The Morgan fingerprint density at radius 1 is 1.26 bits per heavy atom. The Bertz CT molecular complexity index is 455. The zero-order valence-corrected chi connectivity index (χ0v) is 11.6. The van der Waals surface area contributed by atoms with Gasteiger partial charge in [0.2, 0.25) is 5.91 Å². The van der Waals surface area contributed by atoms with Gasteiger partial charge in [-0.3, -0.25) is 9.59 Å². The lowest BCUT2D eigenvalue weighted by Crippen LogP contribution is -2.53. The molecule has 1 aliphatic rings. The van der Waals surface area contributed by atoms with E-state index in [0.29, 0.717) is 12.8 Å². The predicted molar refractivity (Wildman–Crippen MR) is 74.6 cm³/mol. The second-order valence-corrected chi connectivity index (χ2v) is 5.43. The Morgan fingerprint density at radius 3 is 2.58 bits per heavy atom. The van der Waals surface area contributed by atoms with Crippen molar-refractivity contribution in [3.63, 3.8) is 0 Å². The molecule has 1 saturated heterocycles. The minimum atomic E-state index is -0.287. The van der Waals surface area contributed by atoms with E-state index >= 15 is 0 Å². The highest BCUT2D eigenvalue weighted by molar-refractivity contribution is 5.97. The van der Waals surface area contributed by atoms with Crippen molar-refractivity contribution in [2.75, 3.05) is 0 Å². The molecule has 19 heavy (non-hydrogen) atoms. The van der Waals surface area contributed by atoms with E-state index in [9.17, 15) is 9.59 Å². The SMILES string of the molecule is CC[C@H](C)[C@@H]1NC(=O)[C@@H](Cc2ccccc2)CC1=O. The second kappa shape index (κ2) is 6.00. The summed E-state index contributed by atoms with van der Waals surface area (Å²) in [6, 6.07) is 9.58. The summed E-state index contributed by atoms with van der Waals surface area (Å²) in [6.07, 6.45) is 1.92. The van der Waals surface area contributed by atoms with Gasteiger partial charge in [0.05, 0.1) is 6.04 Å². The molecule has 1 aliphatic heterocycles. The summed E-state index contributed by atoms with van der Waals surface area (Å²) in [4.78, 5) is 24.2. The summed E-state index contributed by atoms with van der Waals surface area (Å²) >= 11 is 0. The number of carbonyl (C=O) groups excluding carboxylic acids is 2. The lowest BCUT2D eigenvalue weighted by Gasteiger charge is -2.31. The van der Waals surface area contributed by atoms with Gasteiger partial charge in [-0.1, -0.05) is 50.6 Å². The van der Waals surface area contributed by atoms with Crippen molar-refractivity contribution in [2.45, 2.75) is 39.2 Å². The van der Waals surface area contributed by atoms with Gasteiger partial charge in [-0.15, -0.1) is 0 Å². The smallest absolute Gasteiger partial charge is 0.224 e. The molecule has 0 spiro atoms.